The number of aromatic nitrogens is 2. The van der Waals surface area contributed by atoms with Gasteiger partial charge in [-0.1, -0.05) is 42.5 Å². The van der Waals surface area contributed by atoms with Gasteiger partial charge in [0.05, 0.1) is 11.3 Å². The highest BCUT2D eigenvalue weighted by Gasteiger charge is 2.18. The Balaban J connectivity index is 1.62. The van der Waals surface area contributed by atoms with E-state index in [4.69, 9.17) is 0 Å². The van der Waals surface area contributed by atoms with Gasteiger partial charge in [-0.3, -0.25) is 14.3 Å². The molecule has 0 saturated carbocycles. The SMILES string of the molecule is CC(C(=O)Nc1ccccc1C(=O)NCCc1ccccc1)n1cccn1. The van der Waals surface area contributed by atoms with E-state index in [-0.39, 0.29) is 11.8 Å². The van der Waals surface area contributed by atoms with Gasteiger partial charge in [-0.2, -0.15) is 5.10 Å². The lowest BCUT2D eigenvalue weighted by atomic mass is 10.1. The fourth-order valence-corrected chi connectivity index (χ4v) is 2.72. The highest BCUT2D eigenvalue weighted by Crippen LogP contribution is 2.17. The highest BCUT2D eigenvalue weighted by atomic mass is 16.2. The zero-order chi connectivity index (χ0) is 19.1. The largest absolute Gasteiger partial charge is 0.352 e. The summed E-state index contributed by atoms with van der Waals surface area (Å²) in [6, 6.07) is 18.2. The minimum absolute atomic E-state index is 0.214. The van der Waals surface area contributed by atoms with E-state index in [1.165, 1.54) is 0 Å². The molecule has 0 fully saturated rings. The van der Waals surface area contributed by atoms with Gasteiger partial charge >= 0.3 is 0 Å². The van der Waals surface area contributed by atoms with Crippen LogP contribution in [0.4, 0.5) is 5.69 Å². The average Bonchev–Trinajstić information content (AvgIpc) is 3.23. The Morgan fingerprint density at radius 1 is 1.04 bits per heavy atom. The van der Waals surface area contributed by atoms with Gasteiger partial charge < -0.3 is 10.6 Å². The number of amides is 2. The van der Waals surface area contributed by atoms with Gasteiger partial charge in [-0.25, -0.2) is 0 Å². The molecule has 3 aromatic rings. The van der Waals surface area contributed by atoms with Crippen LogP contribution in [-0.4, -0.2) is 28.1 Å². The third-order valence-corrected chi connectivity index (χ3v) is 4.27. The maximum Gasteiger partial charge on any atom is 0.253 e. The van der Waals surface area contributed by atoms with Gasteiger partial charge in [0, 0.05) is 18.9 Å². The molecule has 0 bridgehead atoms. The average molecular weight is 362 g/mol. The van der Waals surface area contributed by atoms with Crippen LogP contribution >= 0.6 is 0 Å². The number of hydrogen-bond acceptors (Lipinski definition) is 3. The first-order valence-electron chi connectivity index (χ1n) is 8.86. The molecular formula is C21H22N4O2. The zero-order valence-corrected chi connectivity index (χ0v) is 15.1. The quantitative estimate of drug-likeness (QED) is 0.678. The van der Waals surface area contributed by atoms with Gasteiger partial charge in [0.15, 0.2) is 0 Å². The van der Waals surface area contributed by atoms with E-state index >= 15 is 0 Å². The number of nitrogens with one attached hydrogen (secondary N) is 2. The smallest absolute Gasteiger partial charge is 0.253 e. The molecule has 2 N–H and O–H groups in total. The molecule has 27 heavy (non-hydrogen) atoms. The fraction of sp³-hybridized carbons (Fsp3) is 0.190. The lowest BCUT2D eigenvalue weighted by Gasteiger charge is -2.15. The number of hydrogen-bond donors (Lipinski definition) is 2. The van der Waals surface area contributed by atoms with Gasteiger partial charge in [0.25, 0.3) is 5.91 Å². The van der Waals surface area contributed by atoms with Crippen molar-refractivity contribution < 1.29 is 9.59 Å². The summed E-state index contributed by atoms with van der Waals surface area (Å²) in [6.45, 7) is 2.28. The third kappa shape index (κ3) is 4.82. The molecule has 0 aliphatic rings. The van der Waals surface area contributed by atoms with Crippen molar-refractivity contribution >= 4 is 17.5 Å². The van der Waals surface area contributed by atoms with Crippen LogP contribution in [0.2, 0.25) is 0 Å². The molecule has 2 aromatic carbocycles. The molecule has 1 heterocycles. The first kappa shape index (κ1) is 18.4. The summed E-state index contributed by atoms with van der Waals surface area (Å²) in [5.41, 5.74) is 2.08. The van der Waals surface area contributed by atoms with Crippen molar-refractivity contribution in [2.45, 2.75) is 19.4 Å². The predicted octanol–water partition coefficient (Wildman–Crippen LogP) is 3.06. The van der Waals surface area contributed by atoms with Crippen molar-refractivity contribution in [2.75, 3.05) is 11.9 Å². The molecule has 1 aromatic heterocycles. The lowest BCUT2D eigenvalue weighted by molar-refractivity contribution is -0.119. The van der Waals surface area contributed by atoms with E-state index in [9.17, 15) is 9.59 Å². The summed E-state index contributed by atoms with van der Waals surface area (Å²) >= 11 is 0. The summed E-state index contributed by atoms with van der Waals surface area (Å²) in [7, 11) is 0. The van der Waals surface area contributed by atoms with E-state index < -0.39 is 6.04 Å². The van der Waals surface area contributed by atoms with Crippen LogP contribution in [-0.2, 0) is 11.2 Å². The standard InChI is InChI=1S/C21H22N4O2/c1-16(25-15-7-13-23-25)20(26)24-19-11-6-5-10-18(19)21(27)22-14-12-17-8-3-2-4-9-17/h2-11,13,15-16H,12,14H2,1H3,(H,22,27)(H,24,26). The maximum absolute atomic E-state index is 12.6. The van der Waals surface area contributed by atoms with Crippen LogP contribution in [0.1, 0.15) is 28.9 Å². The number of carbonyl (C=O) groups excluding carboxylic acids is 2. The molecular weight excluding hydrogens is 340 g/mol. The van der Waals surface area contributed by atoms with Crippen molar-refractivity contribution in [2.24, 2.45) is 0 Å². The second kappa shape index (κ2) is 8.80. The first-order chi connectivity index (χ1) is 13.1. The minimum Gasteiger partial charge on any atom is -0.352 e. The van der Waals surface area contributed by atoms with E-state index in [2.05, 4.69) is 15.7 Å². The second-order valence-electron chi connectivity index (χ2n) is 6.19. The van der Waals surface area contributed by atoms with E-state index in [0.717, 1.165) is 12.0 Å². The number of nitrogens with zero attached hydrogens (tertiary/aromatic N) is 2. The predicted molar refractivity (Wildman–Crippen MR) is 104 cm³/mol. The molecule has 6 heteroatoms. The Morgan fingerprint density at radius 2 is 1.78 bits per heavy atom. The number of benzene rings is 2. The van der Waals surface area contributed by atoms with Crippen LogP contribution in [0, 0.1) is 0 Å². The van der Waals surface area contributed by atoms with Crippen LogP contribution in [0.3, 0.4) is 0 Å². The summed E-state index contributed by atoms with van der Waals surface area (Å²) in [4.78, 5) is 25.0. The van der Waals surface area contributed by atoms with Crippen LogP contribution < -0.4 is 10.6 Å². The molecule has 2 amide bonds. The van der Waals surface area contributed by atoms with Gasteiger partial charge in [0.1, 0.15) is 6.04 Å². The first-order valence-corrected chi connectivity index (χ1v) is 8.86. The maximum atomic E-state index is 12.6. The Labute approximate surface area is 158 Å². The van der Waals surface area contributed by atoms with Crippen molar-refractivity contribution in [1.82, 2.24) is 15.1 Å². The normalized spacial score (nSPS) is 11.6. The Morgan fingerprint density at radius 3 is 2.52 bits per heavy atom. The Hall–Kier alpha value is -3.41. The molecule has 1 atom stereocenters. The van der Waals surface area contributed by atoms with Crippen molar-refractivity contribution in [3.8, 4) is 0 Å². The van der Waals surface area contributed by atoms with E-state index in [1.807, 2.05) is 30.3 Å². The van der Waals surface area contributed by atoms with Gasteiger partial charge in [-0.05, 0) is 37.1 Å². The van der Waals surface area contributed by atoms with Gasteiger partial charge in [-0.15, -0.1) is 0 Å². The Kier molecular flexibility index (Phi) is 5.99. The van der Waals surface area contributed by atoms with Crippen molar-refractivity contribution in [1.29, 1.82) is 0 Å². The second-order valence-corrected chi connectivity index (χ2v) is 6.19. The molecule has 6 nitrogen and oxygen atoms in total. The molecule has 0 radical (unpaired) electrons. The fourth-order valence-electron chi connectivity index (χ4n) is 2.72. The third-order valence-electron chi connectivity index (χ3n) is 4.27. The molecule has 1 unspecified atom stereocenters. The summed E-state index contributed by atoms with van der Waals surface area (Å²) in [6.07, 6.45) is 4.10. The molecule has 0 spiro atoms. The van der Waals surface area contributed by atoms with Crippen molar-refractivity contribution in [3.63, 3.8) is 0 Å². The van der Waals surface area contributed by atoms with E-state index in [0.29, 0.717) is 17.8 Å². The summed E-state index contributed by atoms with van der Waals surface area (Å²) in [5, 5.41) is 9.82. The molecule has 0 aliphatic carbocycles. The molecule has 138 valence electrons. The monoisotopic (exact) mass is 362 g/mol. The highest BCUT2D eigenvalue weighted by molar-refractivity contribution is 6.04. The van der Waals surface area contributed by atoms with Crippen LogP contribution in [0.25, 0.3) is 0 Å². The van der Waals surface area contributed by atoms with Gasteiger partial charge in [0.2, 0.25) is 5.91 Å². The number of para-hydroxylation sites is 1. The molecule has 0 aliphatic heterocycles. The molecule has 3 rings (SSSR count). The number of anilines is 1. The van der Waals surface area contributed by atoms with Crippen LogP contribution in [0.15, 0.2) is 73.1 Å². The van der Waals surface area contributed by atoms with E-state index in [1.54, 1.807) is 54.3 Å². The number of carbonyl (C=O) groups is 2. The lowest BCUT2D eigenvalue weighted by Crippen LogP contribution is -2.29. The minimum atomic E-state index is -0.478. The summed E-state index contributed by atoms with van der Waals surface area (Å²) in [5.74, 6) is -0.447. The zero-order valence-electron chi connectivity index (χ0n) is 15.1. The molecule has 0 saturated heterocycles. The van der Waals surface area contributed by atoms with Crippen molar-refractivity contribution in [3.05, 3.63) is 84.2 Å². The van der Waals surface area contributed by atoms with Crippen LogP contribution in [0.5, 0.6) is 0 Å². The number of rotatable bonds is 7. The topological polar surface area (TPSA) is 76.0 Å². The Bertz CT molecular complexity index is 892. The summed E-state index contributed by atoms with van der Waals surface area (Å²) < 4.78 is 1.57.